The van der Waals surface area contributed by atoms with Gasteiger partial charge in [0.15, 0.2) is 0 Å². The molecule has 2 aromatic rings. The zero-order valence-electron chi connectivity index (χ0n) is 8.30. The third kappa shape index (κ3) is 2.47. The molecule has 2 rings (SSSR count). The average molecular weight is 377 g/mol. The Morgan fingerprint density at radius 2 is 2.13 bits per heavy atom. The summed E-state index contributed by atoms with van der Waals surface area (Å²) in [6.45, 7) is 2.13. The number of benzene rings is 1. The van der Waals surface area contributed by atoms with Gasteiger partial charge in [-0.25, -0.2) is 9.97 Å². The summed E-state index contributed by atoms with van der Waals surface area (Å²) in [6, 6.07) is 6.20. The molecule has 0 aliphatic rings. The van der Waals surface area contributed by atoms with E-state index in [0.717, 1.165) is 34.2 Å². The molecule has 0 bridgehead atoms. The second kappa shape index (κ2) is 4.74. The molecule has 4 heteroatoms. The Morgan fingerprint density at radius 1 is 1.33 bits per heavy atom. The molecule has 0 fully saturated rings. The molecule has 1 heterocycles. The number of aromatic nitrogens is 2. The van der Waals surface area contributed by atoms with Crippen molar-refractivity contribution in [3.05, 3.63) is 32.2 Å². The van der Waals surface area contributed by atoms with Gasteiger partial charge in [-0.2, -0.15) is 0 Å². The Balaban J connectivity index is 2.62. The lowest BCUT2D eigenvalue weighted by atomic mass is 10.2. The number of nitrogens with zero attached hydrogens (tertiary/aromatic N) is 2. The second-order valence-corrected chi connectivity index (χ2v) is 5.34. The topological polar surface area (TPSA) is 25.8 Å². The monoisotopic (exact) mass is 376 g/mol. The summed E-state index contributed by atoms with van der Waals surface area (Å²) in [5.41, 5.74) is 1.01. The highest BCUT2D eigenvalue weighted by molar-refractivity contribution is 14.1. The number of hydrogen-bond donors (Lipinski definition) is 0. The SMILES string of the molecule is CCCc1nc(Br)c2cc(I)ccc2n1. The van der Waals surface area contributed by atoms with Gasteiger partial charge in [0.2, 0.25) is 0 Å². The molecule has 0 unspecified atom stereocenters. The molecular formula is C11H10BrIN2. The van der Waals surface area contributed by atoms with Crippen LogP contribution in [0.15, 0.2) is 22.8 Å². The zero-order valence-corrected chi connectivity index (χ0v) is 12.0. The number of rotatable bonds is 2. The Morgan fingerprint density at radius 3 is 2.87 bits per heavy atom. The van der Waals surface area contributed by atoms with Crippen LogP contribution in [0.3, 0.4) is 0 Å². The highest BCUT2D eigenvalue weighted by Gasteiger charge is 2.05. The van der Waals surface area contributed by atoms with Crippen LogP contribution >= 0.6 is 38.5 Å². The van der Waals surface area contributed by atoms with Gasteiger partial charge < -0.3 is 0 Å². The highest BCUT2D eigenvalue weighted by atomic mass is 127. The normalized spacial score (nSPS) is 10.9. The first-order valence-corrected chi connectivity index (χ1v) is 6.69. The van der Waals surface area contributed by atoms with Gasteiger partial charge >= 0.3 is 0 Å². The fourth-order valence-corrected chi connectivity index (χ4v) is 2.46. The summed E-state index contributed by atoms with van der Waals surface area (Å²) >= 11 is 5.79. The number of aryl methyl sites for hydroxylation is 1. The maximum Gasteiger partial charge on any atom is 0.130 e. The molecule has 78 valence electrons. The molecule has 0 radical (unpaired) electrons. The summed E-state index contributed by atoms with van der Waals surface area (Å²) in [5.74, 6) is 0.915. The van der Waals surface area contributed by atoms with Crippen LogP contribution in [0.2, 0.25) is 0 Å². The Hall–Kier alpha value is -0.230. The van der Waals surface area contributed by atoms with Gasteiger partial charge in [0.1, 0.15) is 10.4 Å². The van der Waals surface area contributed by atoms with Gasteiger partial charge in [-0.05, 0) is 63.1 Å². The van der Waals surface area contributed by atoms with Gasteiger partial charge in [0, 0.05) is 15.4 Å². The van der Waals surface area contributed by atoms with Crippen LogP contribution in [0.5, 0.6) is 0 Å². The van der Waals surface area contributed by atoms with E-state index in [1.54, 1.807) is 0 Å². The molecule has 0 saturated heterocycles. The summed E-state index contributed by atoms with van der Waals surface area (Å²) < 4.78 is 2.10. The van der Waals surface area contributed by atoms with Crippen molar-refractivity contribution in [1.29, 1.82) is 0 Å². The van der Waals surface area contributed by atoms with E-state index in [9.17, 15) is 0 Å². The van der Waals surface area contributed by atoms with Crippen molar-refractivity contribution < 1.29 is 0 Å². The molecule has 1 aromatic carbocycles. The van der Waals surface area contributed by atoms with E-state index in [-0.39, 0.29) is 0 Å². The van der Waals surface area contributed by atoms with Crippen molar-refractivity contribution in [3.8, 4) is 0 Å². The molecule has 0 atom stereocenters. The van der Waals surface area contributed by atoms with Crippen LogP contribution in [-0.4, -0.2) is 9.97 Å². The molecule has 1 aromatic heterocycles. The Kier molecular flexibility index (Phi) is 3.56. The zero-order chi connectivity index (χ0) is 10.8. The number of fused-ring (bicyclic) bond motifs is 1. The lowest BCUT2D eigenvalue weighted by Gasteiger charge is -2.03. The standard InChI is InChI=1S/C11H10BrIN2/c1-2-3-10-14-9-5-4-7(13)6-8(9)11(12)15-10/h4-6H,2-3H2,1H3. The fourth-order valence-electron chi connectivity index (χ4n) is 1.44. The van der Waals surface area contributed by atoms with Gasteiger partial charge in [-0.1, -0.05) is 6.92 Å². The minimum atomic E-state index is 0.898. The molecule has 0 N–H and O–H groups in total. The molecule has 2 nitrogen and oxygen atoms in total. The van der Waals surface area contributed by atoms with Crippen molar-refractivity contribution in [1.82, 2.24) is 9.97 Å². The van der Waals surface area contributed by atoms with Crippen LogP contribution in [0.25, 0.3) is 10.9 Å². The molecule has 0 amide bonds. The predicted molar refractivity (Wildman–Crippen MR) is 74.0 cm³/mol. The highest BCUT2D eigenvalue weighted by Crippen LogP contribution is 2.23. The third-order valence-electron chi connectivity index (χ3n) is 2.13. The summed E-state index contributed by atoms with van der Waals surface area (Å²) in [5, 5.41) is 1.08. The lowest BCUT2D eigenvalue weighted by molar-refractivity contribution is 0.840. The van der Waals surface area contributed by atoms with Crippen LogP contribution in [0, 0.1) is 3.57 Å². The minimum absolute atomic E-state index is 0.898. The molecule has 0 aliphatic heterocycles. The second-order valence-electron chi connectivity index (χ2n) is 3.34. The largest absolute Gasteiger partial charge is 0.233 e. The molecule has 0 spiro atoms. The third-order valence-corrected chi connectivity index (χ3v) is 3.41. The van der Waals surface area contributed by atoms with Crippen molar-refractivity contribution in [2.24, 2.45) is 0 Å². The smallest absolute Gasteiger partial charge is 0.130 e. The quantitative estimate of drug-likeness (QED) is 0.585. The van der Waals surface area contributed by atoms with Crippen LogP contribution in [0.1, 0.15) is 19.2 Å². The Bertz CT molecular complexity index is 499. The predicted octanol–water partition coefficient (Wildman–Crippen LogP) is 3.95. The number of halogens is 2. The molecule has 15 heavy (non-hydrogen) atoms. The number of hydrogen-bond acceptors (Lipinski definition) is 2. The van der Waals surface area contributed by atoms with E-state index in [2.05, 4.69) is 67.5 Å². The van der Waals surface area contributed by atoms with Crippen LogP contribution in [0.4, 0.5) is 0 Å². The van der Waals surface area contributed by atoms with Gasteiger partial charge in [-0.3, -0.25) is 0 Å². The molecule has 0 saturated carbocycles. The van der Waals surface area contributed by atoms with Gasteiger partial charge in [-0.15, -0.1) is 0 Å². The van der Waals surface area contributed by atoms with Crippen LogP contribution in [-0.2, 0) is 6.42 Å². The first kappa shape index (κ1) is 11.3. The lowest BCUT2D eigenvalue weighted by Crippen LogP contribution is -1.96. The first-order valence-electron chi connectivity index (χ1n) is 4.82. The molecular weight excluding hydrogens is 367 g/mol. The average Bonchev–Trinajstić information content (AvgIpc) is 2.20. The van der Waals surface area contributed by atoms with Crippen molar-refractivity contribution >= 4 is 49.4 Å². The maximum absolute atomic E-state index is 4.52. The van der Waals surface area contributed by atoms with Gasteiger partial charge in [0.05, 0.1) is 5.52 Å². The van der Waals surface area contributed by atoms with Gasteiger partial charge in [0.25, 0.3) is 0 Å². The van der Waals surface area contributed by atoms with E-state index in [0.29, 0.717) is 0 Å². The van der Waals surface area contributed by atoms with E-state index in [1.165, 1.54) is 3.57 Å². The van der Waals surface area contributed by atoms with E-state index in [1.807, 2.05) is 6.07 Å². The Labute approximate surface area is 111 Å². The van der Waals surface area contributed by atoms with Crippen molar-refractivity contribution in [3.63, 3.8) is 0 Å². The summed E-state index contributed by atoms with van der Waals surface area (Å²) in [6.07, 6.45) is 2.00. The van der Waals surface area contributed by atoms with Crippen molar-refractivity contribution in [2.45, 2.75) is 19.8 Å². The van der Waals surface area contributed by atoms with E-state index in [4.69, 9.17) is 0 Å². The molecule has 0 aliphatic carbocycles. The van der Waals surface area contributed by atoms with E-state index < -0.39 is 0 Å². The van der Waals surface area contributed by atoms with Crippen LogP contribution < -0.4 is 0 Å². The first-order chi connectivity index (χ1) is 7.20. The fraction of sp³-hybridized carbons (Fsp3) is 0.273. The minimum Gasteiger partial charge on any atom is -0.233 e. The maximum atomic E-state index is 4.52. The van der Waals surface area contributed by atoms with Crippen molar-refractivity contribution in [2.75, 3.05) is 0 Å². The summed E-state index contributed by atoms with van der Waals surface area (Å²) in [7, 11) is 0. The van der Waals surface area contributed by atoms with E-state index >= 15 is 0 Å². The summed E-state index contributed by atoms with van der Waals surface area (Å²) in [4.78, 5) is 8.96.